The first kappa shape index (κ1) is 26.0. The lowest BCUT2D eigenvalue weighted by Gasteiger charge is -2.24. The van der Waals surface area contributed by atoms with Gasteiger partial charge >= 0.3 is 23.5 Å². The van der Waals surface area contributed by atoms with E-state index in [1.54, 1.807) is 0 Å². The molecule has 1 aliphatic rings. The summed E-state index contributed by atoms with van der Waals surface area (Å²) in [6.45, 7) is -0.139. The Morgan fingerprint density at radius 1 is 1.18 bits per heavy atom. The third-order valence-corrected chi connectivity index (χ3v) is 8.06. The number of rotatable bonds is 8. The zero-order valence-electron chi connectivity index (χ0n) is 16.3. The molecule has 1 fully saturated rings. The molecule has 33 heavy (non-hydrogen) atoms. The summed E-state index contributed by atoms with van der Waals surface area (Å²) in [4.78, 5) is 47.2. The SMILES string of the molecule is CC1(F)C(O)[C@@H](COP(=O)(O)OP(=O)(O)OP(=O)(O)O)O[C@H]1n1cnc2c(N)nc(N)nc21. The summed E-state index contributed by atoms with van der Waals surface area (Å²) >= 11 is 0. The summed E-state index contributed by atoms with van der Waals surface area (Å²) in [6, 6.07) is 0. The van der Waals surface area contributed by atoms with Crippen molar-refractivity contribution in [2.75, 3.05) is 18.1 Å². The number of ether oxygens (including phenoxy) is 1. The molecule has 2 aromatic rings. The summed E-state index contributed by atoms with van der Waals surface area (Å²) in [7, 11) is -16.9. The number of phosphoric acid groups is 3. The van der Waals surface area contributed by atoms with Crippen molar-refractivity contribution in [1.29, 1.82) is 0 Å². The minimum atomic E-state index is -5.76. The van der Waals surface area contributed by atoms with Crippen LogP contribution in [0.5, 0.6) is 0 Å². The second-order valence-electron chi connectivity index (χ2n) is 6.80. The number of imidazole rings is 1. The molecule has 6 atom stereocenters. The van der Waals surface area contributed by atoms with Gasteiger partial charge in [-0.2, -0.15) is 18.6 Å². The molecule has 3 rings (SSSR count). The van der Waals surface area contributed by atoms with Crippen molar-refractivity contribution >= 4 is 46.4 Å². The third kappa shape index (κ3) is 5.74. The molecule has 0 aromatic carbocycles. The van der Waals surface area contributed by atoms with Crippen molar-refractivity contribution in [3.63, 3.8) is 0 Å². The largest absolute Gasteiger partial charge is 0.490 e. The number of alkyl halides is 1. The van der Waals surface area contributed by atoms with Crippen molar-refractivity contribution in [2.24, 2.45) is 0 Å². The zero-order chi connectivity index (χ0) is 25.0. The Morgan fingerprint density at radius 3 is 2.42 bits per heavy atom. The number of fused-ring (bicyclic) bond motifs is 1. The first-order chi connectivity index (χ1) is 14.9. The predicted octanol–water partition coefficient (Wildman–Crippen LogP) is -0.680. The van der Waals surface area contributed by atoms with Crippen LogP contribution in [-0.4, -0.2) is 68.7 Å². The molecule has 9 N–H and O–H groups in total. The van der Waals surface area contributed by atoms with Gasteiger partial charge in [0.1, 0.15) is 17.7 Å². The number of nitrogen functional groups attached to an aromatic ring is 2. The van der Waals surface area contributed by atoms with Crippen LogP contribution in [0.1, 0.15) is 13.2 Å². The lowest BCUT2D eigenvalue weighted by molar-refractivity contribution is -0.0560. The first-order valence-electron chi connectivity index (χ1n) is 8.48. The number of halogens is 1. The van der Waals surface area contributed by atoms with Crippen LogP contribution in [-0.2, 0) is 31.6 Å². The maximum Gasteiger partial charge on any atom is 0.490 e. The number of aliphatic hydroxyl groups excluding tert-OH is 1. The number of anilines is 2. The predicted molar refractivity (Wildman–Crippen MR) is 103 cm³/mol. The molecule has 22 heteroatoms. The Bertz CT molecular complexity index is 1200. The topological polar surface area (TPSA) is 285 Å². The monoisotopic (exact) mass is 538 g/mol. The summed E-state index contributed by atoms with van der Waals surface area (Å²) < 4.78 is 67.2. The number of nitrogens with zero attached hydrogens (tertiary/aromatic N) is 4. The van der Waals surface area contributed by atoms with Crippen LogP contribution in [0.3, 0.4) is 0 Å². The zero-order valence-corrected chi connectivity index (χ0v) is 19.0. The molecule has 2 aromatic heterocycles. The normalized spacial score (nSPS) is 29.7. The van der Waals surface area contributed by atoms with E-state index in [2.05, 4.69) is 28.1 Å². The molecule has 0 amide bonds. The first-order valence-corrected chi connectivity index (χ1v) is 13.0. The number of hydrogen-bond donors (Lipinski definition) is 7. The second-order valence-corrected chi connectivity index (χ2v) is 11.2. The lowest BCUT2D eigenvalue weighted by atomic mass is 9.98. The average molecular weight is 538 g/mol. The molecule has 4 unspecified atom stereocenters. The molecular weight excluding hydrogens is 520 g/mol. The van der Waals surface area contributed by atoms with Gasteiger partial charge in [0.05, 0.1) is 12.9 Å². The third-order valence-electron chi connectivity index (χ3n) is 4.25. The van der Waals surface area contributed by atoms with Crippen molar-refractivity contribution in [1.82, 2.24) is 19.5 Å². The molecule has 0 radical (unpaired) electrons. The highest BCUT2D eigenvalue weighted by Crippen LogP contribution is 2.66. The Balaban J connectivity index is 1.77. The van der Waals surface area contributed by atoms with Crippen LogP contribution >= 0.6 is 23.5 Å². The number of aliphatic hydroxyl groups is 1. The van der Waals surface area contributed by atoms with Gasteiger partial charge in [-0.25, -0.2) is 23.1 Å². The molecule has 0 saturated carbocycles. The maximum absolute atomic E-state index is 15.3. The van der Waals surface area contributed by atoms with E-state index in [0.717, 1.165) is 17.8 Å². The minimum absolute atomic E-state index is 0.0467. The number of aromatic nitrogens is 4. The molecule has 0 bridgehead atoms. The minimum Gasteiger partial charge on any atom is -0.387 e. The van der Waals surface area contributed by atoms with Crippen LogP contribution in [0, 0.1) is 0 Å². The van der Waals surface area contributed by atoms with Gasteiger partial charge in [0.15, 0.2) is 23.4 Å². The summed E-state index contributed by atoms with van der Waals surface area (Å²) in [5.74, 6) is -0.371. The van der Waals surface area contributed by atoms with E-state index in [9.17, 15) is 23.7 Å². The van der Waals surface area contributed by atoms with Crippen molar-refractivity contribution < 1.29 is 60.6 Å². The van der Waals surface area contributed by atoms with Gasteiger partial charge in [-0.15, -0.1) is 0 Å². The van der Waals surface area contributed by atoms with Gasteiger partial charge in [-0.05, 0) is 6.92 Å². The molecule has 0 spiro atoms. The van der Waals surface area contributed by atoms with Gasteiger partial charge in [-0.3, -0.25) is 9.09 Å². The number of phosphoric ester groups is 1. The second kappa shape index (κ2) is 8.57. The van der Waals surface area contributed by atoms with Gasteiger partial charge in [0.2, 0.25) is 5.95 Å². The molecule has 3 heterocycles. The van der Waals surface area contributed by atoms with Crippen LogP contribution in [0.25, 0.3) is 11.2 Å². The molecule has 0 aliphatic carbocycles. The average Bonchev–Trinajstić information content (AvgIpc) is 3.10. The van der Waals surface area contributed by atoms with Crippen LogP contribution in [0.15, 0.2) is 6.33 Å². The van der Waals surface area contributed by atoms with Crippen LogP contribution in [0.2, 0.25) is 0 Å². The quantitative estimate of drug-likeness (QED) is 0.205. The fraction of sp³-hybridized carbons (Fsp3) is 0.545. The summed E-state index contributed by atoms with van der Waals surface area (Å²) in [5.41, 5.74) is 8.67. The van der Waals surface area contributed by atoms with Crippen molar-refractivity contribution in [3.8, 4) is 0 Å². The molecule has 186 valence electrons. The summed E-state index contributed by atoms with van der Waals surface area (Å²) in [5, 5.41) is 10.3. The van der Waals surface area contributed by atoms with Crippen molar-refractivity contribution in [3.05, 3.63) is 6.33 Å². The van der Waals surface area contributed by atoms with E-state index in [0.29, 0.717) is 0 Å². The fourth-order valence-electron chi connectivity index (χ4n) is 2.95. The Hall–Kier alpha value is -1.59. The van der Waals surface area contributed by atoms with E-state index in [1.165, 1.54) is 0 Å². The highest BCUT2D eigenvalue weighted by Gasteiger charge is 2.56. The fourth-order valence-corrected chi connectivity index (χ4v) is 5.98. The smallest absolute Gasteiger partial charge is 0.387 e. The van der Waals surface area contributed by atoms with Gasteiger partial charge in [0.25, 0.3) is 0 Å². The van der Waals surface area contributed by atoms with Gasteiger partial charge < -0.3 is 40.9 Å². The van der Waals surface area contributed by atoms with Crippen LogP contribution in [0.4, 0.5) is 16.2 Å². The van der Waals surface area contributed by atoms with E-state index in [4.69, 9.17) is 30.9 Å². The molecular formula is C11H18FN6O12P3. The van der Waals surface area contributed by atoms with E-state index in [-0.39, 0.29) is 22.9 Å². The highest BCUT2D eigenvalue weighted by molar-refractivity contribution is 7.66. The Labute approximate surface area is 182 Å². The molecule has 1 aliphatic heterocycles. The van der Waals surface area contributed by atoms with Gasteiger partial charge in [0, 0.05) is 0 Å². The summed E-state index contributed by atoms with van der Waals surface area (Å²) in [6.07, 6.45) is -4.18. The number of hydrogen-bond acceptors (Lipinski definition) is 13. The van der Waals surface area contributed by atoms with E-state index in [1.807, 2.05) is 0 Å². The van der Waals surface area contributed by atoms with E-state index >= 15 is 4.39 Å². The maximum atomic E-state index is 15.3. The number of nitrogens with two attached hydrogens (primary N) is 2. The van der Waals surface area contributed by atoms with E-state index < -0.39 is 54.2 Å². The Morgan fingerprint density at radius 2 is 1.82 bits per heavy atom. The molecule has 18 nitrogen and oxygen atoms in total. The van der Waals surface area contributed by atoms with Crippen LogP contribution < -0.4 is 11.5 Å². The lowest BCUT2D eigenvalue weighted by Crippen LogP contribution is -2.40. The van der Waals surface area contributed by atoms with Gasteiger partial charge in [-0.1, -0.05) is 0 Å². The highest BCUT2D eigenvalue weighted by atomic mass is 31.3. The standard InChI is InChI=1S/C11H18FN6O12P3/c1-11(12)6(19)4(2-27-32(23,24)30-33(25,26)29-31(20,21)22)28-9(11)18-3-15-5-7(13)16-10(14)17-8(5)18/h3-4,6,9,19H,2H2,1H3,(H,23,24)(H,25,26)(H2,20,21,22)(H4,13,14,16,17)/t4-,6?,9-,11?/m1/s1. The van der Waals surface area contributed by atoms with Crippen molar-refractivity contribution in [2.45, 2.75) is 31.0 Å². The molecule has 1 saturated heterocycles. The Kier molecular flexibility index (Phi) is 6.76.